The van der Waals surface area contributed by atoms with Crippen LogP contribution in [0.4, 0.5) is 11.4 Å². The highest BCUT2D eigenvalue weighted by Crippen LogP contribution is 2.48. The van der Waals surface area contributed by atoms with Crippen molar-refractivity contribution in [1.82, 2.24) is 5.32 Å². The van der Waals surface area contributed by atoms with Crippen LogP contribution in [-0.2, 0) is 15.2 Å². The Morgan fingerprint density at radius 3 is 2.19 bits per heavy atom. The molecule has 6 heteroatoms. The van der Waals surface area contributed by atoms with E-state index in [4.69, 9.17) is 16.3 Å². The molecule has 5 rings (SSSR count). The summed E-state index contributed by atoms with van der Waals surface area (Å²) in [7, 11) is 0. The quantitative estimate of drug-likeness (QED) is 0.557. The van der Waals surface area contributed by atoms with Gasteiger partial charge < -0.3 is 20.7 Å². The third-order valence-electron chi connectivity index (χ3n) is 7.33. The largest absolute Gasteiger partial charge is 0.381 e. The van der Waals surface area contributed by atoms with E-state index in [2.05, 4.69) is 28.1 Å². The van der Waals surface area contributed by atoms with Gasteiger partial charge in [-0.05, 0) is 61.4 Å². The number of carbonyl (C=O) groups is 1. The lowest BCUT2D eigenvalue weighted by Gasteiger charge is -2.44. The predicted molar refractivity (Wildman–Crippen MR) is 129 cm³/mol. The number of hydrogen-bond acceptors (Lipinski definition) is 4. The molecule has 5 nitrogen and oxygen atoms in total. The third-order valence-corrected chi connectivity index (χ3v) is 7.58. The van der Waals surface area contributed by atoms with E-state index >= 15 is 0 Å². The van der Waals surface area contributed by atoms with Crippen LogP contribution in [-0.4, -0.2) is 25.2 Å². The molecule has 3 N–H and O–H groups in total. The normalized spacial score (nSPS) is 21.8. The Balaban J connectivity index is 1.55. The van der Waals surface area contributed by atoms with Gasteiger partial charge in [0.2, 0.25) is 5.91 Å². The van der Waals surface area contributed by atoms with Crippen LogP contribution in [0.15, 0.2) is 48.5 Å². The molecular weight excluding hydrogens is 422 g/mol. The Morgan fingerprint density at radius 2 is 1.56 bits per heavy atom. The maximum absolute atomic E-state index is 14.0. The standard InChI is InChI=1S/C26H32ClN3O2/c27-20-12-10-19(11-13-20)26(29-22-8-4-5-9-23(22)30-26)24(18-14-16-32-17-15-18)25(31)28-21-6-2-1-3-7-21/h4-5,8-13,18,21,24,29-30H,1-3,6-7,14-17H2,(H,28,31). The van der Waals surface area contributed by atoms with Crippen molar-refractivity contribution >= 4 is 28.9 Å². The summed E-state index contributed by atoms with van der Waals surface area (Å²) in [5.74, 6) is 0.0470. The van der Waals surface area contributed by atoms with E-state index < -0.39 is 5.66 Å². The van der Waals surface area contributed by atoms with E-state index in [0.29, 0.717) is 18.2 Å². The summed E-state index contributed by atoms with van der Waals surface area (Å²) >= 11 is 6.24. The fourth-order valence-corrected chi connectivity index (χ4v) is 5.83. The zero-order chi connectivity index (χ0) is 22.0. The second kappa shape index (κ2) is 9.32. The van der Waals surface area contributed by atoms with Crippen molar-refractivity contribution in [2.75, 3.05) is 23.8 Å². The molecule has 1 atom stereocenters. The van der Waals surface area contributed by atoms with Gasteiger partial charge in [0.05, 0.1) is 17.3 Å². The molecule has 170 valence electrons. The molecule has 1 saturated heterocycles. The van der Waals surface area contributed by atoms with Crippen LogP contribution < -0.4 is 16.0 Å². The molecule has 32 heavy (non-hydrogen) atoms. The highest BCUT2D eigenvalue weighted by Gasteiger charge is 2.52. The summed E-state index contributed by atoms with van der Waals surface area (Å²) in [5, 5.41) is 11.6. The van der Waals surface area contributed by atoms with E-state index in [1.807, 2.05) is 36.4 Å². The molecule has 1 saturated carbocycles. The summed E-state index contributed by atoms with van der Waals surface area (Å²) in [6.07, 6.45) is 7.54. The minimum Gasteiger partial charge on any atom is -0.381 e. The molecule has 0 aromatic heterocycles. The van der Waals surface area contributed by atoms with E-state index in [1.54, 1.807) is 0 Å². The first kappa shape index (κ1) is 21.6. The first-order chi connectivity index (χ1) is 15.7. The van der Waals surface area contributed by atoms with E-state index in [9.17, 15) is 4.79 Å². The number of amides is 1. The predicted octanol–water partition coefficient (Wildman–Crippen LogP) is 5.52. The Morgan fingerprint density at radius 1 is 0.938 bits per heavy atom. The fourth-order valence-electron chi connectivity index (χ4n) is 5.70. The number of rotatable bonds is 5. The topological polar surface area (TPSA) is 62.4 Å². The minimum absolute atomic E-state index is 0.131. The summed E-state index contributed by atoms with van der Waals surface area (Å²) in [6, 6.07) is 16.3. The average Bonchev–Trinajstić information content (AvgIpc) is 3.21. The lowest BCUT2D eigenvalue weighted by Crippen LogP contribution is -2.57. The number of hydrogen-bond donors (Lipinski definition) is 3. The van der Waals surface area contributed by atoms with Gasteiger partial charge in [0.15, 0.2) is 0 Å². The van der Waals surface area contributed by atoms with Crippen LogP contribution in [0, 0.1) is 11.8 Å². The smallest absolute Gasteiger partial charge is 0.228 e. The van der Waals surface area contributed by atoms with Crippen molar-refractivity contribution in [3.63, 3.8) is 0 Å². The van der Waals surface area contributed by atoms with Gasteiger partial charge >= 0.3 is 0 Å². The monoisotopic (exact) mass is 453 g/mol. The van der Waals surface area contributed by atoms with Gasteiger partial charge in [0, 0.05) is 24.3 Å². The van der Waals surface area contributed by atoms with Crippen molar-refractivity contribution in [2.24, 2.45) is 11.8 Å². The summed E-state index contributed by atoms with van der Waals surface area (Å²) in [6.45, 7) is 1.39. The van der Waals surface area contributed by atoms with Gasteiger partial charge in [-0.15, -0.1) is 0 Å². The molecule has 0 spiro atoms. The third kappa shape index (κ3) is 4.20. The molecule has 0 bridgehead atoms. The molecule has 1 unspecified atom stereocenters. The number of ether oxygens (including phenoxy) is 1. The van der Waals surface area contributed by atoms with Gasteiger partial charge in [-0.3, -0.25) is 4.79 Å². The number of nitrogens with one attached hydrogen (secondary N) is 3. The zero-order valence-corrected chi connectivity index (χ0v) is 19.2. The lowest BCUT2D eigenvalue weighted by atomic mass is 9.73. The maximum Gasteiger partial charge on any atom is 0.228 e. The highest BCUT2D eigenvalue weighted by atomic mass is 35.5. The number of carbonyl (C=O) groups excluding carboxylic acids is 1. The number of anilines is 2. The van der Waals surface area contributed by atoms with Gasteiger partial charge in [0.25, 0.3) is 0 Å². The molecule has 1 amide bonds. The molecule has 1 aliphatic carbocycles. The van der Waals surface area contributed by atoms with E-state index in [-0.39, 0.29) is 23.8 Å². The number of halogens is 1. The summed E-state index contributed by atoms with van der Waals surface area (Å²) in [5.41, 5.74) is 2.32. The molecule has 2 aromatic carbocycles. The second-order valence-corrected chi connectivity index (χ2v) is 9.82. The molecular formula is C26H32ClN3O2. The Bertz CT molecular complexity index is 911. The Hall–Kier alpha value is -2.24. The first-order valence-electron chi connectivity index (χ1n) is 12.0. The van der Waals surface area contributed by atoms with E-state index in [0.717, 1.165) is 42.6 Å². The van der Waals surface area contributed by atoms with Gasteiger partial charge in [-0.2, -0.15) is 0 Å². The lowest BCUT2D eigenvalue weighted by molar-refractivity contribution is -0.131. The van der Waals surface area contributed by atoms with Gasteiger partial charge in [-0.25, -0.2) is 0 Å². The van der Waals surface area contributed by atoms with Crippen molar-refractivity contribution in [3.8, 4) is 0 Å². The molecule has 2 aromatic rings. The van der Waals surface area contributed by atoms with Crippen LogP contribution in [0.2, 0.25) is 5.02 Å². The van der Waals surface area contributed by atoms with Crippen LogP contribution in [0.1, 0.15) is 50.5 Å². The summed E-state index contributed by atoms with van der Waals surface area (Å²) < 4.78 is 5.67. The maximum atomic E-state index is 14.0. The number of benzene rings is 2. The molecule has 3 aliphatic rings. The van der Waals surface area contributed by atoms with Crippen molar-refractivity contribution in [2.45, 2.75) is 56.7 Å². The molecule has 2 heterocycles. The molecule has 0 radical (unpaired) electrons. The van der Waals surface area contributed by atoms with Crippen molar-refractivity contribution < 1.29 is 9.53 Å². The minimum atomic E-state index is -0.741. The van der Waals surface area contributed by atoms with Crippen LogP contribution in [0.3, 0.4) is 0 Å². The Labute approximate surface area is 195 Å². The number of fused-ring (bicyclic) bond motifs is 1. The van der Waals surface area contributed by atoms with Crippen molar-refractivity contribution in [1.29, 1.82) is 0 Å². The first-order valence-corrected chi connectivity index (χ1v) is 12.3. The zero-order valence-electron chi connectivity index (χ0n) is 18.4. The highest BCUT2D eigenvalue weighted by molar-refractivity contribution is 6.30. The molecule has 2 fully saturated rings. The summed E-state index contributed by atoms with van der Waals surface area (Å²) in [4.78, 5) is 14.0. The van der Waals surface area contributed by atoms with E-state index in [1.165, 1.54) is 19.3 Å². The van der Waals surface area contributed by atoms with Crippen LogP contribution in [0.5, 0.6) is 0 Å². The van der Waals surface area contributed by atoms with Crippen molar-refractivity contribution in [3.05, 3.63) is 59.1 Å². The SMILES string of the molecule is O=C(NC1CCCCC1)C(C1CCOCC1)C1(c2ccc(Cl)cc2)Nc2ccccc2N1. The Kier molecular flexibility index (Phi) is 6.29. The fraction of sp³-hybridized carbons (Fsp3) is 0.500. The van der Waals surface area contributed by atoms with Gasteiger partial charge in [-0.1, -0.05) is 55.1 Å². The van der Waals surface area contributed by atoms with Crippen LogP contribution >= 0.6 is 11.6 Å². The second-order valence-electron chi connectivity index (χ2n) is 9.38. The van der Waals surface area contributed by atoms with Crippen LogP contribution in [0.25, 0.3) is 0 Å². The molecule has 2 aliphatic heterocycles. The number of para-hydroxylation sites is 2. The average molecular weight is 454 g/mol. The van der Waals surface area contributed by atoms with Gasteiger partial charge in [0.1, 0.15) is 5.66 Å².